The summed E-state index contributed by atoms with van der Waals surface area (Å²) in [4.78, 5) is 25.8. The average molecular weight is 444 g/mol. The van der Waals surface area contributed by atoms with E-state index in [1.54, 1.807) is 34.7 Å². The van der Waals surface area contributed by atoms with Crippen LogP contribution in [-0.4, -0.2) is 61.4 Å². The Bertz CT molecular complexity index is 1200. The number of hydrogen-bond acceptors (Lipinski definition) is 7. The van der Waals surface area contributed by atoms with Crippen LogP contribution in [0.5, 0.6) is 0 Å². The van der Waals surface area contributed by atoms with Crippen molar-refractivity contribution in [2.24, 2.45) is 0 Å². The number of anilines is 1. The molecule has 1 saturated heterocycles. The van der Waals surface area contributed by atoms with Crippen LogP contribution < -0.4 is 9.62 Å². The molecular formula is C20H21N5O3S2. The Morgan fingerprint density at radius 2 is 1.90 bits per heavy atom. The summed E-state index contributed by atoms with van der Waals surface area (Å²) in [5, 5.41) is 2.00. The van der Waals surface area contributed by atoms with Crippen LogP contribution in [0.25, 0.3) is 10.2 Å². The van der Waals surface area contributed by atoms with Gasteiger partial charge >= 0.3 is 0 Å². The molecule has 5 rings (SSSR count). The fraction of sp³-hybridized carbons (Fsp3) is 0.350. The number of aromatic nitrogens is 2. The van der Waals surface area contributed by atoms with Gasteiger partial charge in [0.2, 0.25) is 10.0 Å². The minimum Gasteiger partial charge on any atom is -0.352 e. The molecule has 10 heteroatoms. The third-order valence-corrected chi connectivity index (χ3v) is 7.80. The zero-order valence-corrected chi connectivity index (χ0v) is 17.8. The summed E-state index contributed by atoms with van der Waals surface area (Å²) in [6, 6.07) is 8.30. The van der Waals surface area contributed by atoms with E-state index in [4.69, 9.17) is 0 Å². The van der Waals surface area contributed by atoms with Crippen molar-refractivity contribution in [2.75, 3.05) is 31.1 Å². The molecule has 0 atom stereocenters. The van der Waals surface area contributed by atoms with Gasteiger partial charge in [0.1, 0.15) is 12.1 Å². The molecule has 0 unspecified atom stereocenters. The molecular weight excluding hydrogens is 422 g/mol. The molecule has 1 saturated carbocycles. The number of piperazine rings is 1. The lowest BCUT2D eigenvalue weighted by atomic mass is 10.2. The first-order valence-corrected chi connectivity index (χ1v) is 12.2. The van der Waals surface area contributed by atoms with E-state index in [2.05, 4.69) is 19.6 Å². The van der Waals surface area contributed by atoms with Crippen molar-refractivity contribution in [3.05, 3.63) is 47.6 Å². The Kier molecular flexibility index (Phi) is 4.92. The molecule has 156 valence electrons. The number of carbonyl (C=O) groups is 1. The van der Waals surface area contributed by atoms with Gasteiger partial charge in [0, 0.05) is 37.8 Å². The first-order valence-electron chi connectivity index (χ1n) is 9.86. The van der Waals surface area contributed by atoms with Crippen LogP contribution in [0.2, 0.25) is 0 Å². The summed E-state index contributed by atoms with van der Waals surface area (Å²) >= 11 is 1.61. The summed E-state index contributed by atoms with van der Waals surface area (Å²) in [7, 11) is -3.59. The van der Waals surface area contributed by atoms with Gasteiger partial charge in [-0.1, -0.05) is 6.07 Å². The number of hydrogen-bond donors (Lipinski definition) is 1. The van der Waals surface area contributed by atoms with Crippen LogP contribution in [0.1, 0.15) is 23.2 Å². The third-order valence-electron chi connectivity index (χ3n) is 5.38. The fourth-order valence-electron chi connectivity index (χ4n) is 3.59. The first-order chi connectivity index (χ1) is 14.5. The number of sulfonamides is 1. The smallest absolute Gasteiger partial charge is 0.254 e. The van der Waals surface area contributed by atoms with Gasteiger partial charge in [-0.25, -0.2) is 23.1 Å². The van der Waals surface area contributed by atoms with Gasteiger partial charge in [-0.3, -0.25) is 4.79 Å². The number of rotatable bonds is 5. The lowest BCUT2D eigenvalue weighted by Gasteiger charge is -2.35. The number of amides is 1. The molecule has 1 aliphatic carbocycles. The minimum atomic E-state index is -3.59. The van der Waals surface area contributed by atoms with E-state index >= 15 is 0 Å². The highest BCUT2D eigenvalue weighted by Crippen LogP contribution is 2.28. The second kappa shape index (κ2) is 7.60. The highest BCUT2D eigenvalue weighted by molar-refractivity contribution is 7.89. The van der Waals surface area contributed by atoms with Crippen molar-refractivity contribution in [1.82, 2.24) is 19.6 Å². The normalized spacial score (nSPS) is 17.5. The summed E-state index contributed by atoms with van der Waals surface area (Å²) < 4.78 is 28.6. The minimum absolute atomic E-state index is 0.0269. The molecule has 1 N–H and O–H groups in total. The number of thiophene rings is 1. The van der Waals surface area contributed by atoms with Crippen LogP contribution in [0.4, 0.5) is 5.82 Å². The van der Waals surface area contributed by atoms with E-state index in [1.165, 1.54) is 12.1 Å². The van der Waals surface area contributed by atoms with E-state index in [-0.39, 0.29) is 16.8 Å². The summed E-state index contributed by atoms with van der Waals surface area (Å²) in [6.07, 6.45) is 3.31. The Morgan fingerprint density at radius 3 is 2.67 bits per heavy atom. The molecule has 0 spiro atoms. The van der Waals surface area contributed by atoms with Crippen LogP contribution in [0.3, 0.4) is 0 Å². The largest absolute Gasteiger partial charge is 0.352 e. The number of benzene rings is 1. The maximum atomic E-state index is 13.0. The van der Waals surface area contributed by atoms with Crippen molar-refractivity contribution in [3.63, 3.8) is 0 Å². The van der Waals surface area contributed by atoms with Gasteiger partial charge in [0.25, 0.3) is 5.91 Å². The molecule has 2 fully saturated rings. The van der Waals surface area contributed by atoms with Gasteiger partial charge in [0.05, 0.1) is 15.1 Å². The van der Waals surface area contributed by atoms with Crippen LogP contribution in [0, 0.1) is 0 Å². The van der Waals surface area contributed by atoms with Crippen LogP contribution >= 0.6 is 11.3 Å². The molecule has 3 heterocycles. The Hall–Kier alpha value is -2.56. The summed E-state index contributed by atoms with van der Waals surface area (Å²) in [6.45, 7) is 2.42. The predicted octanol–water partition coefficient (Wildman–Crippen LogP) is 2.09. The van der Waals surface area contributed by atoms with Crippen molar-refractivity contribution < 1.29 is 13.2 Å². The molecule has 2 aromatic heterocycles. The molecule has 3 aromatic rings. The van der Waals surface area contributed by atoms with Gasteiger partial charge in [-0.2, -0.15) is 0 Å². The van der Waals surface area contributed by atoms with Gasteiger partial charge in [-0.15, -0.1) is 11.3 Å². The molecule has 1 aliphatic heterocycles. The van der Waals surface area contributed by atoms with E-state index in [9.17, 15) is 13.2 Å². The monoisotopic (exact) mass is 443 g/mol. The zero-order chi connectivity index (χ0) is 20.7. The Labute approximate surface area is 178 Å². The Balaban J connectivity index is 1.29. The summed E-state index contributed by atoms with van der Waals surface area (Å²) in [5.74, 6) is 0.753. The standard InChI is InChI=1S/C20H21N5O3S2/c26-20(14-2-1-3-16(12-14)30(27,28)23-15-4-5-15)25-9-7-24(8-10-25)19-18-17(6-11-29-18)21-13-22-19/h1-3,6,11-13,15,23H,4-5,7-10H2. The van der Waals surface area contributed by atoms with Crippen molar-refractivity contribution in [2.45, 2.75) is 23.8 Å². The predicted molar refractivity (Wildman–Crippen MR) is 115 cm³/mol. The molecule has 8 nitrogen and oxygen atoms in total. The van der Waals surface area contributed by atoms with Gasteiger partial charge < -0.3 is 9.80 Å². The number of carbonyl (C=O) groups excluding carboxylic acids is 1. The summed E-state index contributed by atoms with van der Waals surface area (Å²) in [5.41, 5.74) is 1.33. The van der Waals surface area contributed by atoms with E-state index in [1.807, 2.05) is 11.4 Å². The molecule has 1 amide bonds. The highest BCUT2D eigenvalue weighted by Gasteiger charge is 2.29. The lowest BCUT2D eigenvalue weighted by molar-refractivity contribution is 0.0746. The van der Waals surface area contributed by atoms with E-state index in [0.29, 0.717) is 31.7 Å². The van der Waals surface area contributed by atoms with Gasteiger partial charge in [0.15, 0.2) is 0 Å². The molecule has 0 radical (unpaired) electrons. The van der Waals surface area contributed by atoms with Crippen molar-refractivity contribution >= 4 is 43.3 Å². The fourth-order valence-corrected chi connectivity index (χ4v) is 5.80. The van der Waals surface area contributed by atoms with Gasteiger partial charge in [-0.05, 0) is 42.5 Å². The quantitative estimate of drug-likeness (QED) is 0.649. The number of nitrogens with one attached hydrogen (secondary N) is 1. The number of fused-ring (bicyclic) bond motifs is 1. The van der Waals surface area contributed by atoms with Crippen molar-refractivity contribution in [3.8, 4) is 0 Å². The molecule has 1 aromatic carbocycles. The molecule has 0 bridgehead atoms. The highest BCUT2D eigenvalue weighted by atomic mass is 32.2. The number of nitrogens with zero attached hydrogens (tertiary/aromatic N) is 4. The maximum Gasteiger partial charge on any atom is 0.254 e. The maximum absolute atomic E-state index is 13.0. The van der Waals surface area contributed by atoms with Crippen LogP contribution in [-0.2, 0) is 10.0 Å². The second-order valence-electron chi connectivity index (χ2n) is 7.53. The lowest BCUT2D eigenvalue weighted by Crippen LogP contribution is -2.49. The zero-order valence-electron chi connectivity index (χ0n) is 16.2. The first kappa shape index (κ1) is 19.4. The molecule has 30 heavy (non-hydrogen) atoms. The van der Waals surface area contributed by atoms with Crippen molar-refractivity contribution in [1.29, 1.82) is 0 Å². The topological polar surface area (TPSA) is 95.5 Å². The van der Waals surface area contributed by atoms with E-state index in [0.717, 1.165) is 28.9 Å². The second-order valence-corrected chi connectivity index (χ2v) is 10.2. The SMILES string of the molecule is O=C(c1cccc(S(=O)(=O)NC2CC2)c1)N1CCN(c2ncnc3ccsc23)CC1. The average Bonchev–Trinajstić information content (AvgIpc) is 3.43. The Morgan fingerprint density at radius 1 is 1.10 bits per heavy atom. The third kappa shape index (κ3) is 3.78. The van der Waals surface area contributed by atoms with Crippen LogP contribution in [0.15, 0.2) is 46.9 Å². The molecule has 2 aliphatic rings. The van der Waals surface area contributed by atoms with E-state index < -0.39 is 10.0 Å².